The molecule has 0 aromatic carbocycles. The number of ether oxygens (including phenoxy) is 1. The van der Waals surface area contributed by atoms with Crippen LogP contribution >= 0.6 is 12.4 Å². The maximum Gasteiger partial charge on any atom is 0.341 e. The van der Waals surface area contributed by atoms with E-state index in [1.807, 2.05) is 0 Å². The minimum absolute atomic E-state index is 0. The lowest BCUT2D eigenvalue weighted by Gasteiger charge is -2.38. The van der Waals surface area contributed by atoms with Gasteiger partial charge in [-0.15, -0.1) is 12.4 Å². The third-order valence-electron chi connectivity index (χ3n) is 4.21. The first-order valence-electron chi connectivity index (χ1n) is 7.18. The van der Waals surface area contributed by atoms with E-state index in [2.05, 4.69) is 11.8 Å². The van der Waals surface area contributed by atoms with Crippen molar-refractivity contribution in [2.24, 2.45) is 11.7 Å². The van der Waals surface area contributed by atoms with Gasteiger partial charge in [-0.1, -0.05) is 6.92 Å². The minimum atomic E-state index is -0.347. The fraction of sp³-hybridized carbons (Fsp3) is 0.667. The molecule has 5 nitrogen and oxygen atoms in total. The number of nitrogens with zero attached hydrogens (tertiary/aromatic N) is 1. The molecule has 1 aromatic heterocycles. The minimum Gasteiger partial charge on any atom is -0.465 e. The maximum atomic E-state index is 11.6. The van der Waals surface area contributed by atoms with Crippen molar-refractivity contribution in [3.05, 3.63) is 23.2 Å². The van der Waals surface area contributed by atoms with E-state index in [1.54, 1.807) is 13.0 Å². The fourth-order valence-electron chi connectivity index (χ4n) is 3.05. The Morgan fingerprint density at radius 1 is 1.57 bits per heavy atom. The van der Waals surface area contributed by atoms with E-state index in [0.717, 1.165) is 12.3 Å². The molecule has 21 heavy (non-hydrogen) atoms. The maximum absolute atomic E-state index is 11.6. The monoisotopic (exact) mass is 316 g/mol. The molecule has 1 aliphatic rings. The summed E-state index contributed by atoms with van der Waals surface area (Å²) >= 11 is 0. The number of piperidine rings is 1. The highest BCUT2D eigenvalue weighted by Gasteiger charge is 2.28. The van der Waals surface area contributed by atoms with Crippen LogP contribution in [0.5, 0.6) is 0 Å². The number of carbonyl (C=O) groups excluding carboxylic acids is 1. The molecule has 1 aliphatic heterocycles. The Bertz CT molecular complexity index is 475. The SMILES string of the molecule is COC(=O)c1cc(CN2CCCC(C)C2CN)oc1C.Cl. The quantitative estimate of drug-likeness (QED) is 0.864. The number of carbonyl (C=O) groups is 1. The Labute approximate surface area is 132 Å². The lowest BCUT2D eigenvalue weighted by Crippen LogP contribution is -2.47. The number of methoxy groups -OCH3 is 1. The van der Waals surface area contributed by atoms with Gasteiger partial charge < -0.3 is 14.9 Å². The van der Waals surface area contributed by atoms with Crippen molar-refractivity contribution in [3.8, 4) is 0 Å². The molecule has 1 fully saturated rings. The summed E-state index contributed by atoms with van der Waals surface area (Å²) in [6.07, 6.45) is 2.41. The number of esters is 1. The zero-order chi connectivity index (χ0) is 14.7. The van der Waals surface area contributed by atoms with Crippen LogP contribution in [0.2, 0.25) is 0 Å². The number of rotatable bonds is 4. The molecule has 0 amide bonds. The van der Waals surface area contributed by atoms with Gasteiger partial charge in [0.1, 0.15) is 17.1 Å². The molecule has 1 saturated heterocycles. The molecule has 2 N–H and O–H groups in total. The summed E-state index contributed by atoms with van der Waals surface area (Å²) in [5, 5.41) is 0. The van der Waals surface area contributed by atoms with Gasteiger partial charge in [-0.25, -0.2) is 4.79 Å². The lowest BCUT2D eigenvalue weighted by molar-refractivity contribution is 0.0599. The highest BCUT2D eigenvalue weighted by atomic mass is 35.5. The zero-order valence-electron chi connectivity index (χ0n) is 12.9. The smallest absolute Gasteiger partial charge is 0.341 e. The van der Waals surface area contributed by atoms with Crippen LogP contribution in [0.15, 0.2) is 10.5 Å². The third kappa shape index (κ3) is 3.99. The second-order valence-electron chi connectivity index (χ2n) is 5.57. The lowest BCUT2D eigenvalue weighted by atomic mass is 9.91. The predicted molar refractivity (Wildman–Crippen MR) is 83.7 cm³/mol. The molecule has 0 radical (unpaired) electrons. The standard InChI is InChI=1S/C15H24N2O3.ClH/c1-10-5-4-6-17(14(10)8-16)9-12-7-13(11(2)20-12)15(18)19-3;/h7,10,14H,4-6,8-9,16H2,1-3H3;1H. The topological polar surface area (TPSA) is 68.7 Å². The highest BCUT2D eigenvalue weighted by Crippen LogP contribution is 2.25. The summed E-state index contributed by atoms with van der Waals surface area (Å²) in [6, 6.07) is 2.17. The van der Waals surface area contributed by atoms with E-state index >= 15 is 0 Å². The normalized spacial score (nSPS) is 22.7. The first kappa shape index (κ1) is 18.0. The Hall–Kier alpha value is -1.04. The molecule has 2 atom stereocenters. The van der Waals surface area contributed by atoms with Crippen LogP contribution in [-0.2, 0) is 11.3 Å². The third-order valence-corrected chi connectivity index (χ3v) is 4.21. The van der Waals surface area contributed by atoms with Gasteiger partial charge in [0.2, 0.25) is 0 Å². The molecule has 1 aromatic rings. The molecule has 0 aliphatic carbocycles. The zero-order valence-corrected chi connectivity index (χ0v) is 13.7. The second kappa shape index (κ2) is 7.82. The first-order valence-corrected chi connectivity index (χ1v) is 7.18. The number of aryl methyl sites for hydroxylation is 1. The van der Waals surface area contributed by atoms with E-state index in [-0.39, 0.29) is 18.4 Å². The number of furan rings is 1. The second-order valence-corrected chi connectivity index (χ2v) is 5.57. The van der Waals surface area contributed by atoms with Gasteiger partial charge in [0, 0.05) is 12.6 Å². The molecule has 2 unspecified atom stereocenters. The molecule has 2 rings (SSSR count). The van der Waals surface area contributed by atoms with Crippen LogP contribution in [-0.4, -0.2) is 37.1 Å². The van der Waals surface area contributed by atoms with Gasteiger partial charge in [0.15, 0.2) is 0 Å². The molecule has 120 valence electrons. The van der Waals surface area contributed by atoms with Crippen molar-refractivity contribution >= 4 is 18.4 Å². The Balaban J connectivity index is 0.00000220. The summed E-state index contributed by atoms with van der Waals surface area (Å²) in [5.41, 5.74) is 6.41. The van der Waals surface area contributed by atoms with Crippen LogP contribution in [0.1, 0.15) is 41.6 Å². The van der Waals surface area contributed by atoms with E-state index in [1.165, 1.54) is 20.0 Å². The molecule has 2 heterocycles. The van der Waals surface area contributed by atoms with Crippen molar-refractivity contribution in [1.82, 2.24) is 4.90 Å². The van der Waals surface area contributed by atoms with E-state index in [9.17, 15) is 4.79 Å². The van der Waals surface area contributed by atoms with Gasteiger partial charge in [0.05, 0.1) is 13.7 Å². The number of halogens is 1. The van der Waals surface area contributed by atoms with Gasteiger partial charge >= 0.3 is 5.97 Å². The molecule has 0 bridgehead atoms. The first-order chi connectivity index (χ1) is 9.56. The van der Waals surface area contributed by atoms with Crippen LogP contribution in [0.25, 0.3) is 0 Å². The van der Waals surface area contributed by atoms with Crippen molar-refractivity contribution in [3.63, 3.8) is 0 Å². The van der Waals surface area contributed by atoms with Crippen LogP contribution < -0.4 is 5.73 Å². The van der Waals surface area contributed by atoms with Gasteiger partial charge in [0.25, 0.3) is 0 Å². The van der Waals surface area contributed by atoms with Crippen molar-refractivity contribution in [2.75, 3.05) is 20.2 Å². The van der Waals surface area contributed by atoms with Gasteiger partial charge in [-0.2, -0.15) is 0 Å². The van der Waals surface area contributed by atoms with Crippen LogP contribution in [0.4, 0.5) is 0 Å². The Morgan fingerprint density at radius 2 is 2.29 bits per heavy atom. The summed E-state index contributed by atoms with van der Waals surface area (Å²) in [7, 11) is 1.38. The van der Waals surface area contributed by atoms with E-state index in [4.69, 9.17) is 14.9 Å². The number of nitrogens with two attached hydrogens (primary N) is 1. The summed E-state index contributed by atoms with van der Waals surface area (Å²) in [6.45, 7) is 6.42. The van der Waals surface area contributed by atoms with Crippen LogP contribution in [0.3, 0.4) is 0 Å². The highest BCUT2D eigenvalue weighted by molar-refractivity contribution is 5.90. The summed E-state index contributed by atoms with van der Waals surface area (Å²) in [5.74, 6) is 1.67. The number of hydrogen-bond acceptors (Lipinski definition) is 5. The average Bonchev–Trinajstić information content (AvgIpc) is 2.79. The summed E-state index contributed by atoms with van der Waals surface area (Å²) in [4.78, 5) is 14.0. The van der Waals surface area contributed by atoms with E-state index in [0.29, 0.717) is 36.4 Å². The molecule has 0 spiro atoms. The molecular formula is C15H25ClN2O3. The van der Waals surface area contributed by atoms with Crippen LogP contribution in [0, 0.1) is 12.8 Å². The van der Waals surface area contributed by atoms with Crippen molar-refractivity contribution < 1.29 is 13.9 Å². The fourth-order valence-corrected chi connectivity index (χ4v) is 3.05. The van der Waals surface area contributed by atoms with Crippen molar-refractivity contribution in [1.29, 1.82) is 0 Å². The molecular weight excluding hydrogens is 292 g/mol. The number of likely N-dealkylation sites (tertiary alicyclic amines) is 1. The molecule has 6 heteroatoms. The Morgan fingerprint density at radius 3 is 2.90 bits per heavy atom. The Kier molecular flexibility index (Phi) is 6.71. The number of hydrogen-bond donors (Lipinski definition) is 1. The van der Waals surface area contributed by atoms with Gasteiger partial charge in [-0.05, 0) is 38.3 Å². The largest absolute Gasteiger partial charge is 0.465 e. The van der Waals surface area contributed by atoms with Gasteiger partial charge in [-0.3, -0.25) is 4.90 Å². The molecule has 0 saturated carbocycles. The van der Waals surface area contributed by atoms with E-state index < -0.39 is 0 Å². The van der Waals surface area contributed by atoms with Crippen molar-refractivity contribution in [2.45, 2.75) is 39.3 Å². The predicted octanol–water partition coefficient (Wildman–Crippen LogP) is 2.36. The summed E-state index contributed by atoms with van der Waals surface area (Å²) < 4.78 is 10.4. The average molecular weight is 317 g/mol.